The van der Waals surface area contributed by atoms with E-state index in [9.17, 15) is 9.59 Å². The van der Waals surface area contributed by atoms with Gasteiger partial charge in [0.15, 0.2) is 0 Å². The average molecular weight is 240 g/mol. The fourth-order valence-electron chi connectivity index (χ4n) is 2.42. The Labute approximate surface area is 101 Å². The lowest BCUT2D eigenvalue weighted by Crippen LogP contribution is -2.44. The predicted octanol–water partition coefficient (Wildman–Crippen LogP) is 0.183. The SMILES string of the molecule is CC1(CNC(=O)C2CCCCC2C(N)=O)CO1. The van der Waals surface area contributed by atoms with Gasteiger partial charge in [0.25, 0.3) is 0 Å². The summed E-state index contributed by atoms with van der Waals surface area (Å²) in [6, 6.07) is 0. The number of epoxide rings is 1. The van der Waals surface area contributed by atoms with Crippen LogP contribution in [0.4, 0.5) is 0 Å². The van der Waals surface area contributed by atoms with Crippen LogP contribution in [0.1, 0.15) is 32.6 Å². The molecule has 0 radical (unpaired) electrons. The van der Waals surface area contributed by atoms with Gasteiger partial charge >= 0.3 is 0 Å². The lowest BCUT2D eigenvalue weighted by atomic mass is 9.78. The second-order valence-electron chi connectivity index (χ2n) is 5.36. The first-order chi connectivity index (χ1) is 8.02. The highest BCUT2D eigenvalue weighted by molar-refractivity contribution is 5.87. The van der Waals surface area contributed by atoms with E-state index in [1.54, 1.807) is 0 Å². The third-order valence-corrected chi connectivity index (χ3v) is 3.74. The van der Waals surface area contributed by atoms with E-state index in [-0.39, 0.29) is 29.3 Å². The van der Waals surface area contributed by atoms with Crippen molar-refractivity contribution in [2.75, 3.05) is 13.2 Å². The normalized spacial score (nSPS) is 36.3. The molecule has 1 heterocycles. The summed E-state index contributed by atoms with van der Waals surface area (Å²) < 4.78 is 5.20. The number of amides is 2. The summed E-state index contributed by atoms with van der Waals surface area (Å²) in [5.74, 6) is -0.941. The molecule has 0 spiro atoms. The van der Waals surface area contributed by atoms with Gasteiger partial charge in [0.05, 0.1) is 6.61 Å². The molecule has 2 aliphatic rings. The van der Waals surface area contributed by atoms with Crippen molar-refractivity contribution in [1.29, 1.82) is 0 Å². The molecule has 5 nitrogen and oxygen atoms in total. The summed E-state index contributed by atoms with van der Waals surface area (Å²) >= 11 is 0. The van der Waals surface area contributed by atoms with Crippen LogP contribution in [-0.2, 0) is 14.3 Å². The number of ether oxygens (including phenoxy) is 1. The van der Waals surface area contributed by atoms with Crippen molar-refractivity contribution in [3.63, 3.8) is 0 Å². The molecule has 0 aromatic carbocycles. The molecule has 1 aliphatic heterocycles. The zero-order valence-electron chi connectivity index (χ0n) is 10.2. The van der Waals surface area contributed by atoms with Crippen molar-refractivity contribution in [1.82, 2.24) is 5.32 Å². The zero-order chi connectivity index (χ0) is 12.5. The van der Waals surface area contributed by atoms with Gasteiger partial charge in [-0.2, -0.15) is 0 Å². The number of rotatable bonds is 4. The van der Waals surface area contributed by atoms with Crippen LogP contribution in [0.3, 0.4) is 0 Å². The van der Waals surface area contributed by atoms with E-state index in [2.05, 4.69) is 5.32 Å². The maximum absolute atomic E-state index is 12.0. The Kier molecular flexibility index (Phi) is 3.38. The summed E-state index contributed by atoms with van der Waals surface area (Å²) in [5.41, 5.74) is 5.16. The summed E-state index contributed by atoms with van der Waals surface area (Å²) in [7, 11) is 0. The van der Waals surface area contributed by atoms with Crippen LogP contribution in [0.15, 0.2) is 0 Å². The van der Waals surface area contributed by atoms with Crippen LogP contribution >= 0.6 is 0 Å². The van der Waals surface area contributed by atoms with Crippen LogP contribution in [0.25, 0.3) is 0 Å². The minimum absolute atomic E-state index is 0.0507. The fraction of sp³-hybridized carbons (Fsp3) is 0.833. The number of nitrogens with one attached hydrogen (secondary N) is 1. The smallest absolute Gasteiger partial charge is 0.224 e. The van der Waals surface area contributed by atoms with Crippen LogP contribution in [0, 0.1) is 11.8 Å². The average Bonchev–Trinajstić information content (AvgIpc) is 3.05. The molecule has 96 valence electrons. The van der Waals surface area contributed by atoms with Gasteiger partial charge in [-0.3, -0.25) is 9.59 Å². The maximum Gasteiger partial charge on any atom is 0.224 e. The molecule has 3 unspecified atom stereocenters. The number of carbonyl (C=O) groups excluding carboxylic acids is 2. The topological polar surface area (TPSA) is 84.7 Å². The Balaban J connectivity index is 1.89. The molecule has 5 heteroatoms. The van der Waals surface area contributed by atoms with Crippen LogP contribution < -0.4 is 11.1 Å². The van der Waals surface area contributed by atoms with Gasteiger partial charge in [0.1, 0.15) is 5.60 Å². The largest absolute Gasteiger partial charge is 0.369 e. The highest BCUT2D eigenvalue weighted by Crippen LogP contribution is 2.30. The Morgan fingerprint density at radius 2 is 1.94 bits per heavy atom. The number of hydrogen-bond acceptors (Lipinski definition) is 3. The van der Waals surface area contributed by atoms with Crippen molar-refractivity contribution < 1.29 is 14.3 Å². The molecule has 2 fully saturated rings. The standard InChI is InChI=1S/C12H20N2O3/c1-12(7-17-12)6-14-11(16)9-5-3-2-4-8(9)10(13)15/h8-9H,2-7H2,1H3,(H2,13,15)(H,14,16). The molecule has 0 aromatic heterocycles. The maximum atomic E-state index is 12.0. The monoisotopic (exact) mass is 240 g/mol. The summed E-state index contributed by atoms with van der Waals surface area (Å²) in [4.78, 5) is 23.3. The van der Waals surface area contributed by atoms with Crippen LogP contribution in [0.2, 0.25) is 0 Å². The molecule has 1 aliphatic carbocycles. The molecule has 3 N–H and O–H groups in total. The van der Waals surface area contributed by atoms with Crippen molar-refractivity contribution in [3.8, 4) is 0 Å². The Bertz CT molecular complexity index is 326. The Hall–Kier alpha value is -1.10. The van der Waals surface area contributed by atoms with Gasteiger partial charge in [-0.1, -0.05) is 12.8 Å². The quantitative estimate of drug-likeness (QED) is 0.688. The Morgan fingerprint density at radius 1 is 1.35 bits per heavy atom. The van der Waals surface area contributed by atoms with Gasteiger partial charge in [0.2, 0.25) is 11.8 Å². The number of carbonyl (C=O) groups is 2. The number of nitrogens with two attached hydrogens (primary N) is 1. The molecule has 1 saturated carbocycles. The first-order valence-electron chi connectivity index (χ1n) is 6.23. The first-order valence-corrected chi connectivity index (χ1v) is 6.23. The van der Waals surface area contributed by atoms with Crippen molar-refractivity contribution >= 4 is 11.8 Å². The van der Waals surface area contributed by atoms with Gasteiger partial charge in [-0.05, 0) is 19.8 Å². The fourth-order valence-corrected chi connectivity index (χ4v) is 2.42. The molecule has 2 amide bonds. The lowest BCUT2D eigenvalue weighted by molar-refractivity contribution is -0.135. The molecule has 0 aromatic rings. The van der Waals surface area contributed by atoms with Crippen LogP contribution in [-0.4, -0.2) is 30.6 Å². The molecule has 2 rings (SSSR count). The minimum Gasteiger partial charge on any atom is -0.369 e. The third-order valence-electron chi connectivity index (χ3n) is 3.74. The van der Waals surface area contributed by atoms with Crippen molar-refractivity contribution in [3.05, 3.63) is 0 Å². The summed E-state index contributed by atoms with van der Waals surface area (Å²) in [6.45, 7) is 3.17. The second kappa shape index (κ2) is 4.64. The molecular weight excluding hydrogens is 220 g/mol. The predicted molar refractivity (Wildman–Crippen MR) is 62.0 cm³/mol. The van der Waals surface area contributed by atoms with E-state index in [4.69, 9.17) is 10.5 Å². The highest BCUT2D eigenvalue weighted by atomic mass is 16.6. The van der Waals surface area contributed by atoms with E-state index < -0.39 is 0 Å². The van der Waals surface area contributed by atoms with Gasteiger partial charge in [-0.15, -0.1) is 0 Å². The van der Waals surface area contributed by atoms with E-state index in [0.29, 0.717) is 13.2 Å². The first kappa shape index (κ1) is 12.4. The summed E-state index contributed by atoms with van der Waals surface area (Å²) in [5, 5.41) is 2.87. The van der Waals surface area contributed by atoms with E-state index >= 15 is 0 Å². The number of primary amides is 1. The van der Waals surface area contributed by atoms with Gasteiger partial charge in [0, 0.05) is 18.4 Å². The second-order valence-corrected chi connectivity index (χ2v) is 5.36. The van der Waals surface area contributed by atoms with E-state index in [1.807, 2.05) is 6.92 Å². The van der Waals surface area contributed by atoms with E-state index in [0.717, 1.165) is 25.7 Å². The van der Waals surface area contributed by atoms with Gasteiger partial charge < -0.3 is 15.8 Å². The van der Waals surface area contributed by atoms with Crippen LogP contribution in [0.5, 0.6) is 0 Å². The van der Waals surface area contributed by atoms with Crippen molar-refractivity contribution in [2.45, 2.75) is 38.2 Å². The number of hydrogen-bond donors (Lipinski definition) is 2. The lowest BCUT2D eigenvalue weighted by Gasteiger charge is -2.28. The zero-order valence-corrected chi connectivity index (χ0v) is 10.2. The molecule has 17 heavy (non-hydrogen) atoms. The van der Waals surface area contributed by atoms with E-state index in [1.165, 1.54) is 0 Å². The summed E-state index contributed by atoms with van der Waals surface area (Å²) in [6.07, 6.45) is 3.48. The third kappa shape index (κ3) is 2.97. The molecule has 1 saturated heterocycles. The molecular formula is C12H20N2O3. The highest BCUT2D eigenvalue weighted by Gasteiger charge is 2.41. The van der Waals surface area contributed by atoms with Gasteiger partial charge in [-0.25, -0.2) is 0 Å². The Morgan fingerprint density at radius 3 is 2.47 bits per heavy atom. The minimum atomic E-state index is -0.348. The molecule has 3 atom stereocenters. The van der Waals surface area contributed by atoms with Crippen molar-refractivity contribution in [2.24, 2.45) is 17.6 Å². The molecule has 0 bridgehead atoms.